The summed E-state index contributed by atoms with van der Waals surface area (Å²) in [6.45, 7) is 3.33. The molecule has 6 heteroatoms. The monoisotopic (exact) mass is 241 g/mol. The summed E-state index contributed by atoms with van der Waals surface area (Å²) in [6, 6.07) is 7.67. The maximum atomic E-state index is 11.7. The van der Waals surface area contributed by atoms with Crippen molar-refractivity contribution < 1.29 is 18.3 Å². The summed E-state index contributed by atoms with van der Waals surface area (Å²) in [5, 5.41) is 8.46. The molecule has 0 fully saturated rings. The highest BCUT2D eigenvalue weighted by atomic mass is 32.2. The lowest BCUT2D eigenvalue weighted by molar-refractivity contribution is -0.136. The first-order chi connectivity index (χ1) is 7.42. The molecule has 0 radical (unpaired) electrons. The minimum absolute atomic E-state index is 0.0709. The molecule has 0 spiro atoms. The normalized spacial score (nSPS) is 10.8. The predicted octanol–water partition coefficient (Wildman–Crippen LogP) is 0.953. The van der Waals surface area contributed by atoms with Crippen LogP contribution in [-0.2, 0) is 14.8 Å². The second-order valence-corrected chi connectivity index (χ2v) is 4.78. The van der Waals surface area contributed by atoms with Crippen LogP contribution in [0.5, 0.6) is 0 Å². The zero-order chi connectivity index (χ0) is 12.2. The fraction of sp³-hybridized carbons (Fsp3) is 0.100. The zero-order valence-corrected chi connectivity index (χ0v) is 9.20. The van der Waals surface area contributed by atoms with Crippen LogP contribution in [0.15, 0.2) is 47.5 Å². The van der Waals surface area contributed by atoms with Crippen LogP contribution in [0.4, 0.5) is 0 Å². The topological polar surface area (TPSA) is 83.5 Å². The highest BCUT2D eigenvalue weighted by molar-refractivity contribution is 7.89. The van der Waals surface area contributed by atoms with Gasteiger partial charge in [-0.1, -0.05) is 24.8 Å². The average Bonchev–Trinajstić information content (AvgIpc) is 2.16. The Morgan fingerprint density at radius 3 is 2.38 bits per heavy atom. The smallest absolute Gasteiger partial charge is 0.309 e. The van der Waals surface area contributed by atoms with Crippen molar-refractivity contribution in [2.75, 3.05) is 0 Å². The van der Waals surface area contributed by atoms with E-state index in [1.807, 2.05) is 0 Å². The molecule has 0 heterocycles. The third kappa shape index (κ3) is 3.39. The van der Waals surface area contributed by atoms with Crippen LogP contribution in [0.1, 0.15) is 6.42 Å². The Bertz CT molecular complexity index is 493. The minimum atomic E-state index is -3.72. The molecule has 0 saturated carbocycles. The summed E-state index contributed by atoms with van der Waals surface area (Å²) >= 11 is 0. The standard InChI is InChI=1S/C10H11NO4S/c1-8(7-10(12)13)11-16(14,15)9-5-3-2-4-6-9/h2-6,11H,1,7H2,(H,12,13). The molecule has 0 aliphatic heterocycles. The van der Waals surface area contributed by atoms with Crippen LogP contribution in [0.3, 0.4) is 0 Å². The first-order valence-electron chi connectivity index (χ1n) is 4.39. The Hall–Kier alpha value is -1.82. The number of carboxylic acids is 1. The number of hydrogen-bond donors (Lipinski definition) is 2. The number of nitrogens with one attached hydrogen (secondary N) is 1. The number of sulfonamides is 1. The molecule has 1 aromatic rings. The molecule has 1 aromatic carbocycles. The molecular formula is C10H11NO4S. The molecule has 0 saturated heterocycles. The summed E-state index contributed by atoms with van der Waals surface area (Å²) in [6.07, 6.45) is -0.438. The van der Waals surface area contributed by atoms with Crippen molar-refractivity contribution in [2.45, 2.75) is 11.3 Å². The number of carboxylic acid groups (broad SMARTS) is 1. The van der Waals surface area contributed by atoms with Crippen molar-refractivity contribution in [1.82, 2.24) is 4.72 Å². The van der Waals surface area contributed by atoms with Crippen molar-refractivity contribution in [3.05, 3.63) is 42.6 Å². The second-order valence-electron chi connectivity index (χ2n) is 3.09. The number of rotatable bonds is 5. The van der Waals surface area contributed by atoms with Crippen LogP contribution < -0.4 is 4.72 Å². The van der Waals surface area contributed by atoms with Crippen LogP contribution in [0.25, 0.3) is 0 Å². The van der Waals surface area contributed by atoms with Gasteiger partial charge in [-0.05, 0) is 12.1 Å². The van der Waals surface area contributed by atoms with E-state index in [0.717, 1.165) is 0 Å². The quantitative estimate of drug-likeness (QED) is 0.804. The molecule has 16 heavy (non-hydrogen) atoms. The van der Waals surface area contributed by atoms with Gasteiger partial charge in [0.05, 0.1) is 11.3 Å². The summed E-state index contributed by atoms with van der Waals surface area (Å²) in [7, 11) is -3.72. The molecule has 0 bridgehead atoms. The SMILES string of the molecule is C=C(CC(=O)O)NS(=O)(=O)c1ccccc1. The molecule has 0 aliphatic rings. The van der Waals surface area contributed by atoms with Gasteiger partial charge in [-0.2, -0.15) is 0 Å². The Kier molecular flexibility index (Phi) is 3.68. The summed E-state index contributed by atoms with van der Waals surface area (Å²) in [5.74, 6) is -1.14. The fourth-order valence-electron chi connectivity index (χ4n) is 1.07. The Morgan fingerprint density at radius 1 is 1.31 bits per heavy atom. The van der Waals surface area contributed by atoms with Crippen LogP contribution >= 0.6 is 0 Å². The maximum Gasteiger partial charge on any atom is 0.309 e. The summed E-state index contributed by atoms with van der Waals surface area (Å²) in [5.41, 5.74) is -0.0728. The molecule has 0 unspecified atom stereocenters. The predicted molar refractivity (Wildman–Crippen MR) is 58.2 cm³/mol. The van der Waals surface area contributed by atoms with Gasteiger partial charge in [0.15, 0.2) is 0 Å². The van der Waals surface area contributed by atoms with Crippen molar-refractivity contribution in [2.24, 2.45) is 0 Å². The van der Waals surface area contributed by atoms with Gasteiger partial charge < -0.3 is 5.11 Å². The van der Waals surface area contributed by atoms with Gasteiger partial charge >= 0.3 is 5.97 Å². The summed E-state index contributed by atoms with van der Waals surface area (Å²) < 4.78 is 25.4. The van der Waals surface area contributed by atoms with Gasteiger partial charge in [-0.25, -0.2) is 8.42 Å². The number of aliphatic carboxylic acids is 1. The highest BCUT2D eigenvalue weighted by Crippen LogP contribution is 2.09. The van der Waals surface area contributed by atoms with Gasteiger partial charge in [0.2, 0.25) is 0 Å². The van der Waals surface area contributed by atoms with Gasteiger partial charge in [-0.15, -0.1) is 0 Å². The Labute approximate surface area is 93.5 Å². The lowest BCUT2D eigenvalue weighted by Crippen LogP contribution is -2.23. The van der Waals surface area contributed by atoms with Crippen LogP contribution in [-0.4, -0.2) is 19.5 Å². The van der Waals surface area contributed by atoms with Crippen molar-refractivity contribution >= 4 is 16.0 Å². The molecule has 0 aliphatic carbocycles. The van der Waals surface area contributed by atoms with E-state index in [2.05, 4.69) is 11.3 Å². The second kappa shape index (κ2) is 4.80. The van der Waals surface area contributed by atoms with E-state index in [0.29, 0.717) is 0 Å². The molecule has 0 amide bonds. The van der Waals surface area contributed by atoms with Gasteiger partial charge in [0, 0.05) is 5.70 Å². The molecule has 2 N–H and O–H groups in total. The lowest BCUT2D eigenvalue weighted by Gasteiger charge is -2.08. The van der Waals surface area contributed by atoms with Gasteiger partial charge in [0.25, 0.3) is 10.0 Å². The lowest BCUT2D eigenvalue weighted by atomic mass is 10.4. The molecule has 5 nitrogen and oxygen atoms in total. The van der Waals surface area contributed by atoms with Gasteiger partial charge in [0.1, 0.15) is 0 Å². The molecule has 0 atom stereocenters. The van der Waals surface area contributed by atoms with E-state index in [1.54, 1.807) is 18.2 Å². The average molecular weight is 241 g/mol. The van der Waals surface area contributed by atoms with E-state index in [1.165, 1.54) is 12.1 Å². The highest BCUT2D eigenvalue weighted by Gasteiger charge is 2.14. The van der Waals surface area contributed by atoms with Crippen LogP contribution in [0, 0.1) is 0 Å². The first kappa shape index (κ1) is 12.3. The summed E-state index contributed by atoms with van der Waals surface area (Å²) in [4.78, 5) is 10.4. The van der Waals surface area contributed by atoms with Gasteiger partial charge in [-0.3, -0.25) is 9.52 Å². The largest absolute Gasteiger partial charge is 0.481 e. The zero-order valence-electron chi connectivity index (χ0n) is 8.38. The molecule has 1 rings (SSSR count). The van der Waals surface area contributed by atoms with Crippen molar-refractivity contribution in [3.63, 3.8) is 0 Å². The van der Waals surface area contributed by atoms with E-state index in [-0.39, 0.29) is 10.6 Å². The fourth-order valence-corrected chi connectivity index (χ4v) is 2.15. The number of carbonyl (C=O) groups is 1. The third-order valence-corrected chi connectivity index (χ3v) is 3.15. The Morgan fingerprint density at radius 2 is 1.88 bits per heavy atom. The van der Waals surface area contributed by atoms with E-state index in [9.17, 15) is 13.2 Å². The van der Waals surface area contributed by atoms with Crippen LogP contribution in [0.2, 0.25) is 0 Å². The number of benzene rings is 1. The van der Waals surface area contributed by atoms with E-state index < -0.39 is 22.4 Å². The molecule has 86 valence electrons. The molecular weight excluding hydrogens is 230 g/mol. The van der Waals surface area contributed by atoms with E-state index >= 15 is 0 Å². The molecule has 0 aromatic heterocycles. The minimum Gasteiger partial charge on any atom is -0.481 e. The van der Waals surface area contributed by atoms with Crippen molar-refractivity contribution in [1.29, 1.82) is 0 Å². The Balaban J connectivity index is 2.81. The first-order valence-corrected chi connectivity index (χ1v) is 5.87. The van der Waals surface area contributed by atoms with E-state index in [4.69, 9.17) is 5.11 Å². The maximum absolute atomic E-state index is 11.7. The third-order valence-electron chi connectivity index (χ3n) is 1.70. The number of hydrogen-bond acceptors (Lipinski definition) is 3. The van der Waals surface area contributed by atoms with Crippen molar-refractivity contribution in [3.8, 4) is 0 Å².